The van der Waals surface area contributed by atoms with Crippen molar-refractivity contribution in [2.24, 2.45) is 16.3 Å². The fourth-order valence-corrected chi connectivity index (χ4v) is 4.93. The summed E-state index contributed by atoms with van der Waals surface area (Å²) in [4.78, 5) is 12.5. The number of aliphatic imine (C=N–C) groups is 1. The number of hydrogen-bond donors (Lipinski definition) is 2. The number of anilines is 2. The molecule has 0 bridgehead atoms. The molecule has 1 heterocycles. The molecule has 2 aromatic carbocycles. The van der Waals surface area contributed by atoms with E-state index in [1.807, 2.05) is 20.8 Å². The van der Waals surface area contributed by atoms with Gasteiger partial charge in [-0.3, -0.25) is 4.99 Å². The van der Waals surface area contributed by atoms with Crippen molar-refractivity contribution in [2.45, 2.75) is 52.9 Å². The smallest absolute Gasteiger partial charge is 0.250 e. The number of nitrogens with one attached hydrogen (secondary N) is 1. The van der Waals surface area contributed by atoms with E-state index in [9.17, 15) is 13.3 Å². The lowest BCUT2D eigenvalue weighted by molar-refractivity contribution is 0.520. The molecule has 10 heteroatoms. The molecule has 0 fully saturated rings. The quantitative estimate of drug-likeness (QED) is 0.235. The third kappa shape index (κ3) is 6.54. The first kappa shape index (κ1) is 29.2. The summed E-state index contributed by atoms with van der Waals surface area (Å²) in [5.74, 6) is -2.64. The van der Waals surface area contributed by atoms with E-state index in [-0.39, 0.29) is 28.5 Å². The fourth-order valence-electron chi connectivity index (χ4n) is 3.99. The van der Waals surface area contributed by atoms with E-state index in [4.69, 9.17) is 10.7 Å². The first-order valence-electron chi connectivity index (χ1n) is 12.1. The number of nitrogens with zero attached hydrogens (tertiary/aromatic N) is 3. The van der Waals surface area contributed by atoms with E-state index in [0.29, 0.717) is 17.0 Å². The van der Waals surface area contributed by atoms with Gasteiger partial charge in [-0.2, -0.15) is 0 Å². The molecule has 0 saturated carbocycles. The number of allylic oxidation sites excluding steroid dienone is 1. The molecule has 1 aromatic heterocycles. The zero-order valence-corrected chi connectivity index (χ0v) is 23.1. The summed E-state index contributed by atoms with van der Waals surface area (Å²) in [7, 11) is 0. The fraction of sp³-hybridized carbons (Fsp3) is 0.321. The molecule has 3 aromatic rings. The minimum atomic E-state index is -2.40. The molecule has 2 atom stereocenters. The lowest BCUT2D eigenvalue weighted by atomic mass is 9.81. The number of halogens is 3. The summed E-state index contributed by atoms with van der Waals surface area (Å²) >= 11 is -2.40. The normalized spacial score (nSPS) is 14.6. The zero-order valence-electron chi connectivity index (χ0n) is 22.3. The summed E-state index contributed by atoms with van der Waals surface area (Å²) in [6.45, 7) is 12.0. The Morgan fingerprint density at radius 2 is 1.74 bits per heavy atom. The van der Waals surface area contributed by atoms with Crippen LogP contribution in [0.4, 0.5) is 24.8 Å². The summed E-state index contributed by atoms with van der Waals surface area (Å²) in [6, 6.07) is 9.21. The van der Waals surface area contributed by atoms with Crippen LogP contribution < -0.4 is 10.5 Å². The Morgan fingerprint density at radius 1 is 1.11 bits per heavy atom. The zero-order chi connectivity index (χ0) is 28.2. The van der Waals surface area contributed by atoms with Crippen LogP contribution >= 0.6 is 0 Å². The van der Waals surface area contributed by atoms with Gasteiger partial charge in [-0.1, -0.05) is 46.8 Å². The van der Waals surface area contributed by atoms with Gasteiger partial charge in [0, 0.05) is 28.5 Å². The van der Waals surface area contributed by atoms with Crippen molar-refractivity contribution >= 4 is 40.0 Å². The minimum absolute atomic E-state index is 0.0568. The molecular formula is C28H32F3N5OS. The molecular weight excluding hydrogens is 511 g/mol. The second-order valence-corrected chi connectivity index (χ2v) is 11.1. The van der Waals surface area contributed by atoms with Gasteiger partial charge in [-0.25, -0.2) is 27.9 Å². The molecule has 0 amide bonds. The molecule has 6 nitrogen and oxygen atoms in total. The maximum Gasteiger partial charge on any atom is 0.250 e. The Labute approximate surface area is 224 Å². The summed E-state index contributed by atoms with van der Waals surface area (Å²) in [6.07, 6.45) is 2.32. The molecule has 0 aliphatic heterocycles. The van der Waals surface area contributed by atoms with Crippen LogP contribution in [0.2, 0.25) is 0 Å². The van der Waals surface area contributed by atoms with Crippen LogP contribution in [0.5, 0.6) is 0 Å². The predicted octanol–water partition coefficient (Wildman–Crippen LogP) is 7.03. The lowest BCUT2D eigenvalue weighted by Crippen LogP contribution is -2.27. The van der Waals surface area contributed by atoms with Crippen LogP contribution in [0.15, 0.2) is 58.5 Å². The Kier molecular flexibility index (Phi) is 9.22. The average Bonchev–Trinajstić information content (AvgIpc) is 2.84. The molecule has 0 aliphatic carbocycles. The van der Waals surface area contributed by atoms with Crippen molar-refractivity contribution in [1.29, 1.82) is 0 Å². The number of aromatic nitrogens is 2. The van der Waals surface area contributed by atoms with Gasteiger partial charge in [0.25, 0.3) is 4.90 Å². The maximum atomic E-state index is 16.0. The molecule has 0 spiro atoms. The molecule has 2 unspecified atom stereocenters. The van der Waals surface area contributed by atoms with Gasteiger partial charge in [0.15, 0.2) is 17.5 Å². The van der Waals surface area contributed by atoms with Gasteiger partial charge in [-0.15, -0.1) is 0 Å². The largest absolute Gasteiger partial charge is 0.588 e. The highest BCUT2D eigenvalue weighted by Crippen LogP contribution is 2.35. The van der Waals surface area contributed by atoms with Crippen LogP contribution in [0, 0.1) is 28.8 Å². The van der Waals surface area contributed by atoms with Gasteiger partial charge in [0.05, 0.1) is 11.4 Å². The highest BCUT2D eigenvalue weighted by atomic mass is 32.2. The Morgan fingerprint density at radius 3 is 2.32 bits per heavy atom. The van der Waals surface area contributed by atoms with Crippen LogP contribution in [0.3, 0.4) is 0 Å². The number of nitrogen functional groups attached to an aromatic ring is 1. The Bertz CT molecular complexity index is 1350. The van der Waals surface area contributed by atoms with Crippen LogP contribution in [0.25, 0.3) is 11.3 Å². The summed E-state index contributed by atoms with van der Waals surface area (Å²) in [5, 5.41) is 0. The molecule has 38 heavy (non-hydrogen) atoms. The molecule has 0 aliphatic rings. The van der Waals surface area contributed by atoms with E-state index in [2.05, 4.69) is 28.5 Å². The van der Waals surface area contributed by atoms with Crippen molar-refractivity contribution in [3.63, 3.8) is 0 Å². The van der Waals surface area contributed by atoms with Crippen molar-refractivity contribution in [1.82, 2.24) is 9.97 Å². The van der Waals surface area contributed by atoms with Crippen molar-refractivity contribution in [2.75, 3.05) is 10.5 Å². The third-order valence-corrected chi connectivity index (χ3v) is 7.22. The minimum Gasteiger partial charge on any atom is -0.588 e. The van der Waals surface area contributed by atoms with Crippen LogP contribution in [0.1, 0.15) is 59.2 Å². The maximum absolute atomic E-state index is 16.0. The Hall–Kier alpha value is -3.37. The van der Waals surface area contributed by atoms with Crippen molar-refractivity contribution in [3.05, 3.63) is 77.4 Å². The second-order valence-electron chi connectivity index (χ2n) is 9.92. The number of rotatable bonds is 8. The number of nitrogens with two attached hydrogens (primary N) is 1. The molecule has 0 saturated heterocycles. The first-order chi connectivity index (χ1) is 17.8. The van der Waals surface area contributed by atoms with Gasteiger partial charge in [0.2, 0.25) is 5.95 Å². The highest BCUT2D eigenvalue weighted by molar-refractivity contribution is 7.92. The Balaban J connectivity index is 2.22. The predicted molar refractivity (Wildman–Crippen MR) is 148 cm³/mol. The number of hydrogen-bond acceptors (Lipinski definition) is 6. The molecule has 0 radical (unpaired) electrons. The van der Waals surface area contributed by atoms with Gasteiger partial charge in [-0.05, 0) is 49.6 Å². The number of benzene rings is 2. The standard InChI is InChI=1S/C28H32F3N5OS/c1-7-16(2)26(28(4,5)6)35-24(17(3)21-14-15-33-27(32)34-21)18-10-8-13-22(23(18)31)36-38(37)25-19(29)11-9-12-20(25)30/h8-16,36H,7H2,1-6H3,(H2,32,33,34)/b24-17+,35-26+. The monoisotopic (exact) mass is 543 g/mol. The van der Waals surface area contributed by atoms with E-state index >= 15 is 4.39 Å². The van der Waals surface area contributed by atoms with Crippen LogP contribution in [-0.2, 0) is 11.4 Å². The third-order valence-electron chi connectivity index (χ3n) is 6.05. The summed E-state index contributed by atoms with van der Waals surface area (Å²) < 4.78 is 59.6. The highest BCUT2D eigenvalue weighted by Gasteiger charge is 2.28. The molecule has 202 valence electrons. The average molecular weight is 544 g/mol. The topological polar surface area (TPSA) is 99.2 Å². The molecule has 3 N–H and O–H groups in total. The van der Waals surface area contributed by atoms with Gasteiger partial charge < -0.3 is 10.3 Å². The van der Waals surface area contributed by atoms with Crippen molar-refractivity contribution < 1.29 is 17.7 Å². The SMILES string of the molecule is CCC(C)/C(=N\C(=C(/C)c1ccnc(N)n1)c1cccc(N[S+]([O-])c2c(F)cccc2F)c1F)C(C)(C)C. The first-order valence-corrected chi connectivity index (χ1v) is 13.3. The van der Waals surface area contributed by atoms with Crippen LogP contribution in [-0.4, -0.2) is 20.2 Å². The van der Waals surface area contributed by atoms with E-state index in [1.54, 1.807) is 19.1 Å². The second kappa shape index (κ2) is 12.0. The van der Waals surface area contributed by atoms with E-state index in [1.165, 1.54) is 18.3 Å². The van der Waals surface area contributed by atoms with Gasteiger partial charge >= 0.3 is 0 Å². The lowest BCUT2D eigenvalue weighted by Gasteiger charge is -2.27. The molecule has 3 rings (SSSR count). The van der Waals surface area contributed by atoms with Crippen molar-refractivity contribution in [3.8, 4) is 0 Å². The van der Waals surface area contributed by atoms with E-state index < -0.39 is 33.7 Å². The summed E-state index contributed by atoms with van der Waals surface area (Å²) in [5.41, 5.74) is 7.53. The van der Waals surface area contributed by atoms with Gasteiger partial charge in [0.1, 0.15) is 17.0 Å². The van der Waals surface area contributed by atoms with E-state index in [0.717, 1.165) is 30.3 Å².